The molecule has 0 saturated carbocycles. The number of likely N-dealkylation sites (tertiary alicyclic amines) is 2. The highest BCUT2D eigenvalue weighted by atomic mass is 16.3. The van der Waals surface area contributed by atoms with Crippen molar-refractivity contribution in [1.29, 1.82) is 0 Å². The molecule has 2 aromatic heterocycles. The van der Waals surface area contributed by atoms with Gasteiger partial charge in [-0.1, -0.05) is 38.1 Å². The molecule has 5 rings (SSSR count). The van der Waals surface area contributed by atoms with E-state index in [0.29, 0.717) is 31.3 Å². The summed E-state index contributed by atoms with van der Waals surface area (Å²) >= 11 is 0. The highest BCUT2D eigenvalue weighted by molar-refractivity contribution is 5.77. The van der Waals surface area contributed by atoms with Crippen LogP contribution in [0.1, 0.15) is 55.9 Å². The van der Waals surface area contributed by atoms with Crippen molar-refractivity contribution in [3.63, 3.8) is 0 Å². The quantitative estimate of drug-likeness (QED) is 0.295. The molecule has 0 aliphatic carbocycles. The maximum Gasteiger partial charge on any atom is 0.248 e. The number of nitrogens with zero attached hydrogens (tertiary/aromatic N) is 5. The third kappa shape index (κ3) is 8.27. The van der Waals surface area contributed by atoms with Crippen molar-refractivity contribution in [3.05, 3.63) is 71.8 Å². The Bertz CT molecular complexity index is 1150. The van der Waals surface area contributed by atoms with E-state index in [1.165, 1.54) is 57.5 Å². The lowest BCUT2D eigenvalue weighted by atomic mass is 9.77. The molecule has 0 radical (unpaired) electrons. The van der Waals surface area contributed by atoms with E-state index < -0.39 is 6.61 Å². The van der Waals surface area contributed by atoms with Crippen LogP contribution in [0.5, 0.6) is 0 Å². The standard InChI is InChI=1S/C32H47N7O2/c1-25(2)19-37-14-7-32(8-15-37)9-16-38(24-32)20-26-3-5-27(6-4-26)21-39(31(41)23-40)22-28(17-29-33-10-11-34-29)18-30-35-12-13-36-30/h3-6,10-13,25,28,40H,7-9,14-24H2,1-2H3,(H,33,34)(H,35,36). The lowest BCUT2D eigenvalue weighted by Gasteiger charge is -2.40. The van der Waals surface area contributed by atoms with Crippen LogP contribution in [0.15, 0.2) is 49.1 Å². The number of hydrogen-bond acceptors (Lipinski definition) is 6. The molecule has 2 saturated heterocycles. The summed E-state index contributed by atoms with van der Waals surface area (Å²) in [6, 6.07) is 8.68. The lowest BCUT2D eigenvalue weighted by Crippen LogP contribution is -2.42. The first-order valence-electron chi connectivity index (χ1n) is 15.3. The molecule has 2 aliphatic heterocycles. The minimum Gasteiger partial charge on any atom is -0.387 e. The second-order valence-electron chi connectivity index (χ2n) is 12.7. The second kappa shape index (κ2) is 13.8. The van der Waals surface area contributed by atoms with Gasteiger partial charge in [-0.15, -0.1) is 0 Å². The van der Waals surface area contributed by atoms with Gasteiger partial charge in [0.15, 0.2) is 0 Å². The third-order valence-electron chi connectivity index (χ3n) is 8.90. The number of carbonyl (C=O) groups excluding carboxylic acids is 1. The van der Waals surface area contributed by atoms with Crippen LogP contribution in [0.25, 0.3) is 0 Å². The Morgan fingerprint density at radius 3 is 2.07 bits per heavy atom. The van der Waals surface area contributed by atoms with Gasteiger partial charge in [0, 0.05) is 70.4 Å². The summed E-state index contributed by atoms with van der Waals surface area (Å²) in [5.41, 5.74) is 2.89. The Morgan fingerprint density at radius 1 is 0.951 bits per heavy atom. The van der Waals surface area contributed by atoms with Gasteiger partial charge in [0.2, 0.25) is 5.91 Å². The van der Waals surface area contributed by atoms with Crippen molar-refractivity contribution in [2.75, 3.05) is 45.9 Å². The molecule has 1 aromatic carbocycles. The fourth-order valence-corrected chi connectivity index (χ4v) is 6.76. The first-order chi connectivity index (χ1) is 19.9. The number of benzene rings is 1. The number of carbonyl (C=O) groups is 1. The first kappa shape index (κ1) is 29.5. The zero-order valence-corrected chi connectivity index (χ0v) is 24.8. The third-order valence-corrected chi connectivity index (χ3v) is 8.90. The largest absolute Gasteiger partial charge is 0.387 e. The minimum absolute atomic E-state index is 0.0989. The zero-order valence-electron chi connectivity index (χ0n) is 24.8. The Morgan fingerprint density at radius 2 is 1.54 bits per heavy atom. The molecule has 222 valence electrons. The van der Waals surface area contributed by atoms with E-state index in [2.05, 4.69) is 67.8 Å². The summed E-state index contributed by atoms with van der Waals surface area (Å²) in [4.78, 5) is 35.0. The molecule has 9 heteroatoms. The fourth-order valence-electron chi connectivity index (χ4n) is 6.76. The van der Waals surface area contributed by atoms with Gasteiger partial charge in [-0.05, 0) is 67.3 Å². The minimum atomic E-state index is -0.502. The molecule has 1 amide bonds. The summed E-state index contributed by atoms with van der Waals surface area (Å²) in [6.07, 6.45) is 12.5. The van der Waals surface area contributed by atoms with E-state index in [9.17, 15) is 9.90 Å². The van der Waals surface area contributed by atoms with Crippen molar-refractivity contribution >= 4 is 5.91 Å². The van der Waals surface area contributed by atoms with Crippen molar-refractivity contribution in [2.24, 2.45) is 17.3 Å². The number of piperidine rings is 1. The van der Waals surface area contributed by atoms with Crippen LogP contribution in [0.2, 0.25) is 0 Å². The van der Waals surface area contributed by atoms with Gasteiger partial charge in [0.1, 0.15) is 18.3 Å². The summed E-state index contributed by atoms with van der Waals surface area (Å²) in [6.45, 7) is 12.2. The molecule has 2 fully saturated rings. The number of hydrogen-bond donors (Lipinski definition) is 3. The van der Waals surface area contributed by atoms with E-state index in [1.807, 2.05) is 12.4 Å². The SMILES string of the molecule is CC(C)CN1CCC2(CC1)CCN(Cc1ccc(CN(CC(Cc3ncc[nH]3)Cc3ncc[nH]3)C(=O)CO)cc1)C2. The molecule has 0 bridgehead atoms. The molecule has 1 spiro atoms. The lowest BCUT2D eigenvalue weighted by molar-refractivity contribution is -0.135. The topological polar surface area (TPSA) is 104 Å². The van der Waals surface area contributed by atoms with Crippen LogP contribution < -0.4 is 0 Å². The fraction of sp³-hybridized carbons (Fsp3) is 0.594. The van der Waals surface area contributed by atoms with Crippen LogP contribution in [0, 0.1) is 17.3 Å². The molecule has 0 atom stereocenters. The highest BCUT2D eigenvalue weighted by Crippen LogP contribution is 2.41. The van der Waals surface area contributed by atoms with Gasteiger partial charge >= 0.3 is 0 Å². The summed E-state index contributed by atoms with van der Waals surface area (Å²) in [5, 5.41) is 9.73. The van der Waals surface area contributed by atoms with Gasteiger partial charge < -0.3 is 24.9 Å². The van der Waals surface area contributed by atoms with Crippen molar-refractivity contribution in [3.8, 4) is 0 Å². The maximum absolute atomic E-state index is 12.8. The molecule has 2 aliphatic rings. The Balaban J connectivity index is 1.16. The number of H-pyrrole nitrogens is 2. The number of imidazole rings is 2. The van der Waals surface area contributed by atoms with Crippen molar-refractivity contribution in [1.82, 2.24) is 34.6 Å². The van der Waals surface area contributed by atoms with Crippen molar-refractivity contribution < 1.29 is 9.90 Å². The van der Waals surface area contributed by atoms with Crippen molar-refractivity contribution in [2.45, 2.75) is 59.0 Å². The number of aliphatic hydroxyl groups is 1. The average Bonchev–Trinajstić information content (AvgIpc) is 3.74. The Hall–Kier alpha value is -3.01. The van der Waals surface area contributed by atoms with E-state index >= 15 is 0 Å². The molecule has 9 nitrogen and oxygen atoms in total. The summed E-state index contributed by atoms with van der Waals surface area (Å²) in [5.74, 6) is 2.34. The van der Waals surface area contributed by atoms with E-state index in [0.717, 1.165) is 29.7 Å². The molecule has 41 heavy (non-hydrogen) atoms. The first-order valence-corrected chi connectivity index (χ1v) is 15.3. The van der Waals surface area contributed by atoms with E-state index in [-0.39, 0.29) is 11.8 Å². The number of aromatic nitrogens is 4. The molecule has 3 aromatic rings. The van der Waals surface area contributed by atoms with Crippen LogP contribution in [0.4, 0.5) is 0 Å². The zero-order chi connectivity index (χ0) is 28.7. The predicted molar refractivity (Wildman–Crippen MR) is 160 cm³/mol. The van der Waals surface area contributed by atoms with Crippen LogP contribution >= 0.6 is 0 Å². The highest BCUT2D eigenvalue weighted by Gasteiger charge is 2.40. The van der Waals surface area contributed by atoms with Gasteiger partial charge in [-0.3, -0.25) is 9.69 Å². The van der Waals surface area contributed by atoms with Gasteiger partial charge in [0.05, 0.1) is 0 Å². The normalized spacial score (nSPS) is 17.7. The Kier molecular flexibility index (Phi) is 9.90. The van der Waals surface area contributed by atoms with Crippen LogP contribution in [-0.2, 0) is 30.7 Å². The number of amides is 1. The molecular formula is C32H47N7O2. The summed E-state index contributed by atoms with van der Waals surface area (Å²) < 4.78 is 0. The van der Waals surface area contributed by atoms with Gasteiger partial charge in [0.25, 0.3) is 0 Å². The molecular weight excluding hydrogens is 514 g/mol. The van der Waals surface area contributed by atoms with E-state index in [1.54, 1.807) is 17.3 Å². The number of aromatic amines is 2. The predicted octanol–water partition coefficient (Wildman–Crippen LogP) is 3.50. The number of rotatable bonds is 13. The smallest absolute Gasteiger partial charge is 0.248 e. The summed E-state index contributed by atoms with van der Waals surface area (Å²) in [7, 11) is 0. The van der Waals surface area contributed by atoms with Crippen LogP contribution in [-0.4, -0.2) is 91.5 Å². The average molecular weight is 562 g/mol. The number of nitrogens with one attached hydrogen (secondary N) is 2. The maximum atomic E-state index is 12.8. The van der Waals surface area contributed by atoms with Crippen LogP contribution in [0.3, 0.4) is 0 Å². The molecule has 0 unspecified atom stereocenters. The van der Waals surface area contributed by atoms with Gasteiger partial charge in [-0.2, -0.15) is 0 Å². The molecule has 4 heterocycles. The monoisotopic (exact) mass is 561 g/mol. The van der Waals surface area contributed by atoms with Gasteiger partial charge in [-0.25, -0.2) is 9.97 Å². The van der Waals surface area contributed by atoms with E-state index in [4.69, 9.17) is 0 Å². The Labute approximate surface area is 244 Å². The second-order valence-corrected chi connectivity index (χ2v) is 12.7. The number of aliphatic hydroxyl groups excluding tert-OH is 1. The molecule has 3 N–H and O–H groups in total.